The molecular formula is C17H32NO2+. The van der Waals surface area contributed by atoms with E-state index in [4.69, 9.17) is 4.74 Å². The van der Waals surface area contributed by atoms with Gasteiger partial charge < -0.3 is 9.22 Å². The van der Waals surface area contributed by atoms with Crippen molar-refractivity contribution in [2.24, 2.45) is 0 Å². The number of carbonyl (C=O) groups is 1. The van der Waals surface area contributed by atoms with Gasteiger partial charge in [0.05, 0.1) is 31.8 Å². The Bertz CT molecular complexity index is 302. The van der Waals surface area contributed by atoms with Gasteiger partial charge in [0.2, 0.25) is 0 Å². The molecule has 0 aromatic heterocycles. The molecule has 0 aromatic carbocycles. The van der Waals surface area contributed by atoms with Crippen LogP contribution in [0.2, 0.25) is 0 Å². The molecule has 0 amide bonds. The molecule has 0 unspecified atom stereocenters. The van der Waals surface area contributed by atoms with E-state index in [0.717, 1.165) is 49.8 Å². The molecule has 0 bridgehead atoms. The lowest BCUT2D eigenvalue weighted by Gasteiger charge is -2.38. The minimum atomic E-state index is -0.257. The van der Waals surface area contributed by atoms with Crippen molar-refractivity contribution in [2.75, 3.05) is 32.8 Å². The SMILES string of the molecule is C=CC[N+](CCCC)(CCCC)CC(=C)C(=O)OCC. The highest BCUT2D eigenvalue weighted by molar-refractivity contribution is 5.87. The topological polar surface area (TPSA) is 26.3 Å². The molecule has 20 heavy (non-hydrogen) atoms. The zero-order valence-electron chi connectivity index (χ0n) is 13.6. The highest BCUT2D eigenvalue weighted by atomic mass is 16.5. The van der Waals surface area contributed by atoms with Gasteiger partial charge in [-0.15, -0.1) is 0 Å². The standard InChI is InChI=1S/C17H32NO2/c1-6-10-13-18(12-8-3,14-11-7-2)15-16(5)17(19)20-9-4/h8H,3,5-7,9-15H2,1-2,4H3/q+1. The van der Waals surface area contributed by atoms with Crippen LogP contribution in [0.15, 0.2) is 24.8 Å². The first-order valence-electron chi connectivity index (χ1n) is 7.86. The molecule has 0 aliphatic rings. The molecule has 0 atom stereocenters. The largest absolute Gasteiger partial charge is 0.462 e. The van der Waals surface area contributed by atoms with Gasteiger partial charge in [-0.25, -0.2) is 4.79 Å². The van der Waals surface area contributed by atoms with Crippen LogP contribution in [0.1, 0.15) is 46.5 Å². The fourth-order valence-electron chi connectivity index (χ4n) is 2.48. The first-order chi connectivity index (χ1) is 9.55. The number of quaternary nitrogens is 1. The Kier molecular flexibility index (Phi) is 10.1. The van der Waals surface area contributed by atoms with Gasteiger partial charge in [0.25, 0.3) is 0 Å². The Hall–Kier alpha value is -1.09. The van der Waals surface area contributed by atoms with E-state index in [1.54, 1.807) is 0 Å². The molecule has 0 aliphatic heterocycles. The van der Waals surface area contributed by atoms with E-state index in [9.17, 15) is 4.79 Å². The second kappa shape index (κ2) is 10.7. The van der Waals surface area contributed by atoms with Gasteiger partial charge in [0.1, 0.15) is 6.54 Å². The Balaban J connectivity index is 4.89. The summed E-state index contributed by atoms with van der Waals surface area (Å²) in [4.78, 5) is 11.8. The van der Waals surface area contributed by atoms with Gasteiger partial charge >= 0.3 is 5.97 Å². The van der Waals surface area contributed by atoms with Crippen LogP contribution in [0.25, 0.3) is 0 Å². The minimum Gasteiger partial charge on any atom is -0.462 e. The molecule has 0 radical (unpaired) electrons. The Labute approximate surface area is 124 Å². The summed E-state index contributed by atoms with van der Waals surface area (Å²) < 4.78 is 5.94. The Morgan fingerprint density at radius 1 is 1.15 bits per heavy atom. The van der Waals surface area contributed by atoms with E-state index in [2.05, 4.69) is 27.0 Å². The van der Waals surface area contributed by atoms with E-state index < -0.39 is 0 Å². The van der Waals surface area contributed by atoms with E-state index >= 15 is 0 Å². The summed E-state index contributed by atoms with van der Waals surface area (Å²) in [5.41, 5.74) is 0.584. The third-order valence-corrected chi connectivity index (χ3v) is 3.58. The molecule has 3 nitrogen and oxygen atoms in total. The smallest absolute Gasteiger partial charge is 0.339 e. The van der Waals surface area contributed by atoms with Gasteiger partial charge in [0, 0.05) is 0 Å². The first kappa shape index (κ1) is 18.9. The fourth-order valence-corrected chi connectivity index (χ4v) is 2.48. The number of unbranched alkanes of at least 4 members (excludes halogenated alkanes) is 2. The van der Waals surface area contributed by atoms with Crippen LogP contribution in [0.3, 0.4) is 0 Å². The van der Waals surface area contributed by atoms with Crippen molar-refractivity contribution in [1.82, 2.24) is 0 Å². The molecule has 116 valence electrons. The number of nitrogens with zero attached hydrogens (tertiary/aromatic N) is 1. The lowest BCUT2D eigenvalue weighted by molar-refractivity contribution is -0.918. The molecule has 0 saturated heterocycles. The summed E-state index contributed by atoms with van der Waals surface area (Å²) in [6.07, 6.45) is 6.61. The maximum absolute atomic E-state index is 11.8. The van der Waals surface area contributed by atoms with Crippen molar-refractivity contribution in [2.45, 2.75) is 46.5 Å². The van der Waals surface area contributed by atoms with Gasteiger partial charge in [-0.1, -0.05) is 39.8 Å². The first-order valence-corrected chi connectivity index (χ1v) is 7.86. The van der Waals surface area contributed by atoms with Crippen molar-refractivity contribution in [3.05, 3.63) is 24.8 Å². The maximum atomic E-state index is 11.8. The monoisotopic (exact) mass is 282 g/mol. The van der Waals surface area contributed by atoms with E-state index in [1.165, 1.54) is 0 Å². The van der Waals surface area contributed by atoms with E-state index in [-0.39, 0.29) is 5.97 Å². The van der Waals surface area contributed by atoms with Crippen molar-refractivity contribution >= 4 is 5.97 Å². The predicted molar refractivity (Wildman–Crippen MR) is 85.5 cm³/mol. The third-order valence-electron chi connectivity index (χ3n) is 3.58. The average molecular weight is 282 g/mol. The molecule has 3 heteroatoms. The van der Waals surface area contributed by atoms with Crippen LogP contribution < -0.4 is 0 Å². The fraction of sp³-hybridized carbons (Fsp3) is 0.706. The summed E-state index contributed by atoms with van der Waals surface area (Å²) in [7, 11) is 0. The number of esters is 1. The zero-order valence-corrected chi connectivity index (χ0v) is 13.6. The highest BCUT2D eigenvalue weighted by Gasteiger charge is 2.28. The molecule has 0 rings (SSSR count). The normalized spacial score (nSPS) is 11.2. The molecule has 0 fully saturated rings. The summed E-state index contributed by atoms with van der Waals surface area (Å²) >= 11 is 0. The minimum absolute atomic E-state index is 0.257. The summed E-state index contributed by atoms with van der Waals surface area (Å²) in [5, 5.41) is 0. The van der Waals surface area contributed by atoms with Gasteiger partial charge in [-0.2, -0.15) is 0 Å². The maximum Gasteiger partial charge on any atom is 0.339 e. The van der Waals surface area contributed by atoms with Crippen LogP contribution in [0, 0.1) is 0 Å². The Morgan fingerprint density at radius 2 is 1.70 bits per heavy atom. The lowest BCUT2D eigenvalue weighted by Crippen LogP contribution is -2.51. The lowest BCUT2D eigenvalue weighted by atomic mass is 10.1. The summed E-state index contributed by atoms with van der Waals surface area (Å²) in [5.74, 6) is -0.257. The van der Waals surface area contributed by atoms with Crippen LogP contribution in [-0.2, 0) is 9.53 Å². The summed E-state index contributed by atoms with van der Waals surface area (Å²) in [6.45, 7) is 18.1. The van der Waals surface area contributed by atoms with Gasteiger partial charge in [-0.3, -0.25) is 0 Å². The van der Waals surface area contributed by atoms with Crippen LogP contribution in [0.5, 0.6) is 0 Å². The molecule has 0 saturated carbocycles. The second-order valence-corrected chi connectivity index (χ2v) is 5.45. The molecular weight excluding hydrogens is 250 g/mol. The molecule has 0 N–H and O–H groups in total. The second-order valence-electron chi connectivity index (χ2n) is 5.45. The van der Waals surface area contributed by atoms with Crippen molar-refractivity contribution in [3.63, 3.8) is 0 Å². The molecule has 0 aromatic rings. The predicted octanol–water partition coefficient (Wildman–Crippen LogP) is 3.71. The van der Waals surface area contributed by atoms with Crippen molar-refractivity contribution in [3.8, 4) is 0 Å². The van der Waals surface area contributed by atoms with Crippen molar-refractivity contribution < 1.29 is 14.0 Å². The van der Waals surface area contributed by atoms with E-state index in [0.29, 0.717) is 18.7 Å². The number of hydrogen-bond donors (Lipinski definition) is 0. The van der Waals surface area contributed by atoms with Gasteiger partial charge in [-0.05, 0) is 25.8 Å². The number of rotatable bonds is 12. The number of hydrogen-bond acceptors (Lipinski definition) is 2. The number of ether oxygens (including phenoxy) is 1. The highest BCUT2D eigenvalue weighted by Crippen LogP contribution is 2.16. The molecule has 0 aliphatic carbocycles. The van der Waals surface area contributed by atoms with E-state index in [1.807, 2.05) is 13.0 Å². The number of carbonyl (C=O) groups excluding carboxylic acids is 1. The van der Waals surface area contributed by atoms with Crippen LogP contribution in [0.4, 0.5) is 0 Å². The average Bonchev–Trinajstić information content (AvgIpc) is 2.43. The summed E-state index contributed by atoms with van der Waals surface area (Å²) in [6, 6.07) is 0. The van der Waals surface area contributed by atoms with Crippen LogP contribution in [-0.4, -0.2) is 43.2 Å². The third kappa shape index (κ3) is 6.90. The zero-order chi connectivity index (χ0) is 15.4. The Morgan fingerprint density at radius 3 is 2.10 bits per heavy atom. The van der Waals surface area contributed by atoms with Crippen LogP contribution >= 0.6 is 0 Å². The van der Waals surface area contributed by atoms with Crippen molar-refractivity contribution in [1.29, 1.82) is 0 Å². The molecule has 0 heterocycles. The quantitative estimate of drug-likeness (QED) is 0.236. The molecule has 0 spiro atoms. The van der Waals surface area contributed by atoms with Gasteiger partial charge in [0.15, 0.2) is 0 Å².